The molecule has 238 valence electrons. The number of rotatable bonds is 12. The van der Waals surface area contributed by atoms with Crippen molar-refractivity contribution in [2.45, 2.75) is 43.3 Å². The van der Waals surface area contributed by atoms with Gasteiger partial charge in [0.15, 0.2) is 17.5 Å². The fourth-order valence-corrected chi connectivity index (χ4v) is 7.05. The van der Waals surface area contributed by atoms with E-state index >= 15 is 4.39 Å². The number of methoxy groups -OCH3 is 1. The number of nitrogens with zero attached hydrogens (tertiary/aromatic N) is 3. The molecule has 0 bridgehead atoms. The molecule has 2 aromatic carbocycles. The summed E-state index contributed by atoms with van der Waals surface area (Å²) >= 11 is 1.21. The van der Waals surface area contributed by atoms with Gasteiger partial charge in [0.05, 0.1) is 31.3 Å². The second-order valence-corrected chi connectivity index (χ2v) is 12.6. The molecule has 2 saturated heterocycles. The van der Waals surface area contributed by atoms with E-state index in [9.17, 15) is 23.1 Å². The topological polar surface area (TPSA) is 75.1 Å². The molecular formula is C32H37F4N3O4S. The molecule has 1 aromatic heterocycles. The second kappa shape index (κ2) is 14.4. The first-order chi connectivity index (χ1) is 21.2. The van der Waals surface area contributed by atoms with Crippen molar-refractivity contribution in [3.63, 3.8) is 0 Å². The van der Waals surface area contributed by atoms with Crippen molar-refractivity contribution >= 4 is 28.6 Å². The summed E-state index contributed by atoms with van der Waals surface area (Å²) in [6.45, 7) is 4.81. The van der Waals surface area contributed by atoms with E-state index in [4.69, 9.17) is 9.47 Å². The Morgan fingerprint density at radius 3 is 2.45 bits per heavy atom. The number of fused-ring (bicyclic) bond motifs is 1. The van der Waals surface area contributed by atoms with Crippen LogP contribution in [0.5, 0.6) is 5.75 Å². The Kier molecular flexibility index (Phi) is 10.7. The molecule has 44 heavy (non-hydrogen) atoms. The third-order valence-electron chi connectivity index (χ3n) is 8.79. The minimum Gasteiger partial charge on any atom is -0.497 e. The van der Waals surface area contributed by atoms with Crippen molar-refractivity contribution in [3.8, 4) is 5.75 Å². The van der Waals surface area contributed by atoms with Gasteiger partial charge in [-0.05, 0) is 74.7 Å². The van der Waals surface area contributed by atoms with Gasteiger partial charge in [-0.3, -0.25) is 14.7 Å². The van der Waals surface area contributed by atoms with Gasteiger partial charge in [-0.25, -0.2) is 17.6 Å². The van der Waals surface area contributed by atoms with Crippen LogP contribution in [0.15, 0.2) is 41.4 Å². The van der Waals surface area contributed by atoms with Crippen molar-refractivity contribution in [2.75, 3.05) is 58.8 Å². The predicted octanol–water partition coefficient (Wildman–Crippen LogP) is 6.24. The highest BCUT2D eigenvalue weighted by atomic mass is 32.2. The Bertz CT molecular complexity index is 1440. The van der Waals surface area contributed by atoms with E-state index in [0.717, 1.165) is 30.8 Å². The van der Waals surface area contributed by atoms with Crippen LogP contribution in [0.4, 0.5) is 17.6 Å². The third kappa shape index (κ3) is 7.47. The van der Waals surface area contributed by atoms with Crippen LogP contribution < -0.4 is 4.74 Å². The summed E-state index contributed by atoms with van der Waals surface area (Å²) in [5.74, 6) is -3.77. The number of morpholine rings is 1. The molecule has 0 spiro atoms. The van der Waals surface area contributed by atoms with E-state index in [1.54, 1.807) is 31.5 Å². The van der Waals surface area contributed by atoms with Gasteiger partial charge < -0.3 is 19.5 Å². The lowest BCUT2D eigenvalue weighted by molar-refractivity contribution is -0.153. The molecule has 1 unspecified atom stereocenters. The highest BCUT2D eigenvalue weighted by molar-refractivity contribution is 7.99. The number of carboxylic acid groups (broad SMARTS) is 1. The summed E-state index contributed by atoms with van der Waals surface area (Å²) in [6.07, 6.45) is 1.30. The maximum absolute atomic E-state index is 16.4. The van der Waals surface area contributed by atoms with Gasteiger partial charge in [0.1, 0.15) is 11.9 Å². The highest BCUT2D eigenvalue weighted by Gasteiger charge is 2.42. The van der Waals surface area contributed by atoms with Crippen LogP contribution in [0.2, 0.25) is 0 Å². The van der Waals surface area contributed by atoms with Crippen molar-refractivity contribution in [3.05, 3.63) is 65.1 Å². The van der Waals surface area contributed by atoms with Crippen molar-refractivity contribution < 1.29 is 36.9 Å². The van der Waals surface area contributed by atoms with Crippen LogP contribution in [0.25, 0.3) is 10.9 Å². The number of alkyl halides is 1. The van der Waals surface area contributed by atoms with Crippen LogP contribution in [0.3, 0.4) is 0 Å². The maximum Gasteiger partial charge on any atom is 0.309 e. The SMILES string of the molecule is COc1ccc2ncc(CN3CCOCC3)c(C(F)CCC3(C(=O)O)CCN(CCSc4cc(F)c(F)c(F)c4)CC3)c2c1. The summed E-state index contributed by atoms with van der Waals surface area (Å²) < 4.78 is 67.6. The molecule has 1 atom stereocenters. The summed E-state index contributed by atoms with van der Waals surface area (Å²) in [5.41, 5.74) is 0.906. The molecule has 2 fully saturated rings. The zero-order valence-corrected chi connectivity index (χ0v) is 25.5. The highest BCUT2D eigenvalue weighted by Crippen LogP contribution is 2.42. The number of aliphatic carboxylic acids is 1. The normalized spacial score (nSPS) is 18.4. The minimum absolute atomic E-state index is 0.0519. The monoisotopic (exact) mass is 635 g/mol. The minimum atomic E-state index is -1.49. The molecule has 0 amide bonds. The molecule has 7 nitrogen and oxygen atoms in total. The summed E-state index contributed by atoms with van der Waals surface area (Å²) in [4.78, 5) is 21.7. The van der Waals surface area contributed by atoms with Gasteiger partial charge in [-0.1, -0.05) is 0 Å². The molecule has 2 aliphatic rings. The molecule has 5 rings (SSSR count). The number of benzene rings is 2. The average Bonchev–Trinajstić information content (AvgIpc) is 3.03. The summed E-state index contributed by atoms with van der Waals surface area (Å²) in [6, 6.07) is 7.33. The van der Waals surface area contributed by atoms with E-state index in [2.05, 4.69) is 14.8 Å². The molecular weight excluding hydrogens is 598 g/mol. The Labute approximate surface area is 258 Å². The summed E-state index contributed by atoms with van der Waals surface area (Å²) in [7, 11) is 1.56. The lowest BCUT2D eigenvalue weighted by Gasteiger charge is -2.39. The number of hydrogen-bond acceptors (Lipinski definition) is 7. The Balaban J connectivity index is 1.25. The van der Waals surface area contributed by atoms with E-state index < -0.39 is 35.0 Å². The molecule has 0 radical (unpaired) electrons. The van der Waals surface area contributed by atoms with E-state index in [-0.39, 0.29) is 12.8 Å². The lowest BCUT2D eigenvalue weighted by atomic mass is 9.74. The third-order valence-corrected chi connectivity index (χ3v) is 9.74. The Hall–Kier alpha value is -2.93. The molecule has 1 N–H and O–H groups in total. The molecule has 3 aromatic rings. The molecule has 0 saturated carbocycles. The molecule has 2 aliphatic heterocycles. The zero-order valence-electron chi connectivity index (χ0n) is 24.7. The van der Waals surface area contributed by atoms with Gasteiger partial charge in [-0.2, -0.15) is 0 Å². The van der Waals surface area contributed by atoms with Gasteiger partial charge in [0, 0.05) is 54.0 Å². The molecule has 3 heterocycles. The van der Waals surface area contributed by atoms with Gasteiger partial charge in [0.2, 0.25) is 0 Å². The standard InChI is InChI=1S/C32H37F4N3O4S/c1-42-22-2-3-28-24(16-22)29(21(19-37-28)20-39-10-13-43-14-11-39)25(33)4-5-32(31(40)41)6-8-38(9-7-32)12-15-44-23-17-26(34)30(36)27(35)18-23/h2-3,16-19,25H,4-15,20H2,1H3,(H,40,41). The van der Waals surface area contributed by atoms with Crippen LogP contribution in [-0.2, 0) is 16.1 Å². The van der Waals surface area contributed by atoms with Gasteiger partial charge >= 0.3 is 5.97 Å². The fourth-order valence-electron chi connectivity index (χ4n) is 6.09. The first-order valence-corrected chi connectivity index (χ1v) is 15.8. The average molecular weight is 636 g/mol. The molecule has 12 heteroatoms. The van der Waals surface area contributed by atoms with Gasteiger partial charge in [-0.15, -0.1) is 11.8 Å². The number of carbonyl (C=O) groups is 1. The predicted molar refractivity (Wildman–Crippen MR) is 160 cm³/mol. The van der Waals surface area contributed by atoms with Crippen molar-refractivity contribution in [1.82, 2.24) is 14.8 Å². The van der Waals surface area contributed by atoms with Crippen LogP contribution >= 0.6 is 11.8 Å². The number of hydrogen-bond donors (Lipinski definition) is 1. The van der Waals surface area contributed by atoms with Gasteiger partial charge in [0.25, 0.3) is 0 Å². The smallest absolute Gasteiger partial charge is 0.309 e. The number of piperidine rings is 1. The Morgan fingerprint density at radius 2 is 1.80 bits per heavy atom. The Morgan fingerprint density at radius 1 is 1.09 bits per heavy atom. The first-order valence-electron chi connectivity index (χ1n) is 14.8. The largest absolute Gasteiger partial charge is 0.497 e. The summed E-state index contributed by atoms with van der Waals surface area (Å²) in [5, 5.41) is 10.9. The van der Waals surface area contributed by atoms with E-state index in [1.807, 2.05) is 0 Å². The number of likely N-dealkylation sites (tertiary alicyclic amines) is 1. The van der Waals surface area contributed by atoms with E-state index in [0.29, 0.717) is 85.1 Å². The van der Waals surface area contributed by atoms with Crippen LogP contribution in [0, 0.1) is 22.9 Å². The zero-order chi connectivity index (χ0) is 31.3. The number of halogens is 4. The number of ether oxygens (including phenoxy) is 2. The number of thioether (sulfide) groups is 1. The van der Waals surface area contributed by atoms with Crippen LogP contribution in [0.1, 0.15) is 43.0 Å². The lowest BCUT2D eigenvalue weighted by Crippen LogP contribution is -2.45. The van der Waals surface area contributed by atoms with Crippen molar-refractivity contribution in [2.24, 2.45) is 5.41 Å². The second-order valence-electron chi connectivity index (χ2n) is 11.5. The number of aromatic nitrogens is 1. The fraction of sp³-hybridized carbons (Fsp3) is 0.500. The van der Waals surface area contributed by atoms with Crippen molar-refractivity contribution in [1.29, 1.82) is 0 Å². The molecule has 0 aliphatic carbocycles. The van der Waals surface area contributed by atoms with E-state index in [1.165, 1.54) is 11.8 Å². The quantitative estimate of drug-likeness (QED) is 0.142. The first kappa shape index (κ1) is 32.5. The van der Waals surface area contributed by atoms with Crippen LogP contribution in [-0.4, -0.2) is 84.7 Å². The number of pyridine rings is 1. The number of carboxylic acids is 1. The maximum atomic E-state index is 16.4.